The number of carboxylic acid groups (broad SMARTS) is 1. The number of para-hydroxylation sites is 1. The van der Waals surface area contributed by atoms with E-state index < -0.39 is 77.8 Å². The normalized spacial score (nSPS) is 19.1. The molecule has 2 aromatic carbocycles. The van der Waals surface area contributed by atoms with Gasteiger partial charge >= 0.3 is 30.9 Å². The molecule has 0 spiro atoms. The van der Waals surface area contributed by atoms with E-state index in [9.17, 15) is 48.0 Å². The number of rotatable bonds is 7. The van der Waals surface area contributed by atoms with E-state index in [4.69, 9.17) is 10.4 Å². The molecular formula is C25H26BF2N5O9. The largest absolute Gasteiger partial charge is 0.547 e. The van der Waals surface area contributed by atoms with Crippen LogP contribution in [-0.2, 0) is 20.8 Å². The first kappa shape index (κ1) is 30.2. The fourth-order valence-electron chi connectivity index (χ4n) is 4.80. The highest BCUT2D eigenvalue weighted by Crippen LogP contribution is 2.31. The summed E-state index contributed by atoms with van der Waals surface area (Å²) in [6, 6.07) is 1.54. The van der Waals surface area contributed by atoms with E-state index >= 15 is 0 Å². The molecule has 222 valence electrons. The number of hydrogen-bond donors (Lipinski definition) is 6. The molecule has 2 heterocycles. The van der Waals surface area contributed by atoms with E-state index in [0.717, 1.165) is 17.0 Å². The number of benzene rings is 2. The molecule has 0 aliphatic carbocycles. The Morgan fingerprint density at radius 2 is 1.88 bits per heavy atom. The van der Waals surface area contributed by atoms with Crippen LogP contribution in [0, 0.1) is 11.6 Å². The van der Waals surface area contributed by atoms with Crippen molar-refractivity contribution in [2.24, 2.45) is 5.73 Å². The molecule has 5 amide bonds. The van der Waals surface area contributed by atoms with E-state index in [1.54, 1.807) is 0 Å². The monoisotopic (exact) mass is 589 g/mol. The van der Waals surface area contributed by atoms with Gasteiger partial charge in [-0.05, 0) is 37.1 Å². The topological polar surface area (TPSA) is 212 Å². The first-order valence-electron chi connectivity index (χ1n) is 12.7. The Kier molecular flexibility index (Phi) is 8.63. The quantitative estimate of drug-likeness (QED) is 0.176. The number of nitrogens with one attached hydrogen (secondary N) is 2. The molecule has 17 heteroatoms. The Bertz CT molecular complexity index is 1460. The van der Waals surface area contributed by atoms with Crippen LogP contribution in [0.15, 0.2) is 30.3 Å². The lowest BCUT2D eigenvalue weighted by Crippen LogP contribution is -2.63. The maximum atomic E-state index is 14.9. The number of phenols is 1. The molecule has 14 nitrogen and oxygen atoms in total. The molecule has 4 rings (SSSR count). The number of carboxylic acids is 1. The van der Waals surface area contributed by atoms with Crippen LogP contribution < -0.4 is 21.0 Å². The average Bonchev–Trinajstić information content (AvgIpc) is 2.93. The van der Waals surface area contributed by atoms with Gasteiger partial charge in [0.1, 0.15) is 11.8 Å². The highest BCUT2D eigenvalue weighted by Gasteiger charge is 2.43. The van der Waals surface area contributed by atoms with Crippen LogP contribution in [-0.4, -0.2) is 93.5 Å². The van der Waals surface area contributed by atoms with Crippen molar-refractivity contribution >= 4 is 36.8 Å². The third-order valence-electron chi connectivity index (χ3n) is 6.84. The predicted octanol–water partition coefficient (Wildman–Crippen LogP) is -0.723. The van der Waals surface area contributed by atoms with Crippen molar-refractivity contribution in [1.82, 2.24) is 20.4 Å². The van der Waals surface area contributed by atoms with Gasteiger partial charge < -0.3 is 41.2 Å². The van der Waals surface area contributed by atoms with Gasteiger partial charge in [-0.25, -0.2) is 14.0 Å². The first-order valence-corrected chi connectivity index (χ1v) is 12.7. The Morgan fingerprint density at radius 3 is 2.55 bits per heavy atom. The number of carbonyl (C=O) groups excluding carboxylic acids is 4. The van der Waals surface area contributed by atoms with Gasteiger partial charge in [0, 0.05) is 25.2 Å². The molecule has 2 unspecified atom stereocenters. The zero-order valence-corrected chi connectivity index (χ0v) is 22.0. The summed E-state index contributed by atoms with van der Waals surface area (Å²) in [7, 11) is -1.78. The Hall–Kier alpha value is -4.77. The van der Waals surface area contributed by atoms with Gasteiger partial charge in [0.2, 0.25) is 11.7 Å². The number of nitrogens with two attached hydrogens (primary N) is 1. The Labute approximate surface area is 237 Å². The molecular weight excluding hydrogens is 563 g/mol. The summed E-state index contributed by atoms with van der Waals surface area (Å²) >= 11 is 0. The maximum absolute atomic E-state index is 14.9. The van der Waals surface area contributed by atoms with Gasteiger partial charge in [0.05, 0.1) is 17.5 Å². The summed E-state index contributed by atoms with van der Waals surface area (Å²) in [5.74, 6) is -10.6. The number of amides is 5. The predicted molar refractivity (Wildman–Crippen MR) is 139 cm³/mol. The van der Waals surface area contributed by atoms with E-state index in [1.165, 1.54) is 25.1 Å². The lowest BCUT2D eigenvalue weighted by molar-refractivity contribution is -0.155. The number of aromatic hydroxyl groups is 1. The highest BCUT2D eigenvalue weighted by atomic mass is 19.2. The molecule has 0 aromatic heterocycles. The van der Waals surface area contributed by atoms with E-state index in [0.29, 0.717) is 10.5 Å². The number of imide groups is 1. The van der Waals surface area contributed by atoms with Crippen molar-refractivity contribution in [3.8, 4) is 11.5 Å². The molecule has 1 fully saturated rings. The third kappa shape index (κ3) is 5.68. The summed E-state index contributed by atoms with van der Waals surface area (Å²) < 4.78 is 34.6. The minimum Gasteiger partial charge on any atom is -0.534 e. The summed E-state index contributed by atoms with van der Waals surface area (Å²) in [6.07, 6.45) is -0.149. The minimum absolute atomic E-state index is 0.0519. The fourth-order valence-corrected chi connectivity index (χ4v) is 4.80. The van der Waals surface area contributed by atoms with Crippen molar-refractivity contribution in [1.29, 1.82) is 0 Å². The fraction of sp³-hybridized carbons (Fsp3) is 0.320. The van der Waals surface area contributed by atoms with E-state index in [2.05, 4.69) is 10.6 Å². The molecule has 2 aliphatic heterocycles. The van der Waals surface area contributed by atoms with Crippen LogP contribution in [0.5, 0.6) is 11.5 Å². The molecule has 0 saturated carbocycles. The summed E-state index contributed by atoms with van der Waals surface area (Å²) in [6.45, 7) is 1.49. The number of halogens is 2. The van der Waals surface area contributed by atoms with Crippen LogP contribution in [0.1, 0.15) is 34.5 Å². The molecule has 2 aliphatic rings. The van der Waals surface area contributed by atoms with Crippen molar-refractivity contribution in [3.63, 3.8) is 0 Å². The summed E-state index contributed by atoms with van der Waals surface area (Å²) in [4.78, 5) is 65.1. The molecule has 3 atom stereocenters. The molecule has 1 saturated heterocycles. The second kappa shape index (κ2) is 12.0. The molecule has 7 N–H and O–H groups in total. The van der Waals surface area contributed by atoms with Crippen molar-refractivity contribution in [3.05, 3.63) is 58.7 Å². The number of fused-ring (bicyclic) bond motifs is 1. The zero-order valence-electron chi connectivity index (χ0n) is 22.0. The number of urea groups is 1. The number of piperazine rings is 1. The van der Waals surface area contributed by atoms with Crippen LogP contribution >= 0.6 is 0 Å². The molecule has 0 bridgehead atoms. The third-order valence-corrected chi connectivity index (χ3v) is 6.84. The lowest BCUT2D eigenvalue weighted by atomic mass is 9.72. The zero-order chi connectivity index (χ0) is 30.9. The van der Waals surface area contributed by atoms with Crippen LogP contribution in [0.25, 0.3) is 0 Å². The SMILES string of the molecule is CC1CN(CCN)C(=O)C(=O)N1C(=O)NC(C(=O)N[C@H]1Cc2cccc(C(=O)O)c2OB1O)c1ccc(O)c(F)c1F. The van der Waals surface area contributed by atoms with Gasteiger partial charge in [0.15, 0.2) is 11.6 Å². The second-order valence-corrected chi connectivity index (χ2v) is 9.67. The van der Waals surface area contributed by atoms with Crippen LogP contribution in [0.4, 0.5) is 13.6 Å². The maximum Gasteiger partial charge on any atom is 0.547 e. The first-order chi connectivity index (χ1) is 19.8. The molecule has 42 heavy (non-hydrogen) atoms. The van der Waals surface area contributed by atoms with Gasteiger partial charge in [-0.15, -0.1) is 0 Å². The standard InChI is InChI=1S/C25H26BF2N5O9/c1-11-10-32(8-7-29)22(36)23(37)33(11)25(40)31-19(13-5-6-15(34)18(28)17(13)27)21(35)30-16-9-12-3-2-4-14(24(38)39)20(12)42-26(16)41/h2-6,11,16,19,34,41H,7-10,29H2,1H3,(H,30,35)(H,31,40)(H,38,39)/t11?,16-,19?/m0/s1. The second-order valence-electron chi connectivity index (χ2n) is 9.67. The van der Waals surface area contributed by atoms with Gasteiger partial charge in [-0.3, -0.25) is 19.3 Å². The minimum atomic E-state index is -2.04. The highest BCUT2D eigenvalue weighted by molar-refractivity contribution is 6.47. The van der Waals surface area contributed by atoms with Crippen molar-refractivity contribution in [2.45, 2.75) is 31.4 Å². The Morgan fingerprint density at radius 1 is 1.17 bits per heavy atom. The Balaban J connectivity index is 1.62. The molecule has 0 radical (unpaired) electrons. The number of hydrogen-bond acceptors (Lipinski definition) is 9. The smallest absolute Gasteiger partial charge is 0.534 e. The van der Waals surface area contributed by atoms with E-state index in [-0.39, 0.29) is 37.4 Å². The van der Waals surface area contributed by atoms with E-state index in [1.807, 2.05) is 0 Å². The summed E-state index contributed by atoms with van der Waals surface area (Å²) in [5, 5.41) is 33.9. The number of phenolic OH excluding ortho intramolecular Hbond substituents is 1. The van der Waals surface area contributed by atoms with Gasteiger partial charge in [0.25, 0.3) is 0 Å². The van der Waals surface area contributed by atoms with Crippen LogP contribution in [0.3, 0.4) is 0 Å². The molecule has 2 aromatic rings. The van der Waals surface area contributed by atoms with Crippen molar-refractivity contribution in [2.75, 3.05) is 19.6 Å². The lowest BCUT2D eigenvalue weighted by Gasteiger charge is -2.38. The average molecular weight is 589 g/mol. The number of aromatic carboxylic acids is 1. The van der Waals surface area contributed by atoms with Crippen LogP contribution in [0.2, 0.25) is 0 Å². The van der Waals surface area contributed by atoms with Gasteiger partial charge in [-0.1, -0.05) is 12.1 Å². The number of carbonyl (C=O) groups is 5. The number of nitrogens with zero attached hydrogens (tertiary/aromatic N) is 2. The summed E-state index contributed by atoms with van der Waals surface area (Å²) in [5.41, 5.74) is 4.79. The van der Waals surface area contributed by atoms with Gasteiger partial charge in [-0.2, -0.15) is 4.39 Å². The van der Waals surface area contributed by atoms with Crippen molar-refractivity contribution < 1.29 is 52.6 Å².